The van der Waals surface area contributed by atoms with Crippen LogP contribution in [-0.4, -0.2) is 23.2 Å². The highest BCUT2D eigenvalue weighted by molar-refractivity contribution is 7.13. The van der Waals surface area contributed by atoms with Gasteiger partial charge in [0.2, 0.25) is 5.01 Å². The minimum absolute atomic E-state index is 0.121. The van der Waals surface area contributed by atoms with E-state index in [4.69, 9.17) is 9.84 Å². The molecular weight excluding hydrogens is 250 g/mol. The Labute approximate surface area is 109 Å². The average Bonchev–Trinajstić information content (AvgIpc) is 2.71. The summed E-state index contributed by atoms with van der Waals surface area (Å²) in [5.74, 6) is -0.176. The lowest BCUT2D eigenvalue weighted by atomic mass is 10.1. The number of hydrogen-bond acceptors (Lipinski definition) is 4. The number of aromatic carboxylic acids is 1. The average molecular weight is 263 g/mol. The fourth-order valence-electron chi connectivity index (χ4n) is 1.78. The van der Waals surface area contributed by atoms with Crippen LogP contribution in [0.15, 0.2) is 18.2 Å². The number of carboxylic acids is 1. The fourth-order valence-corrected chi connectivity index (χ4v) is 2.56. The Kier molecular flexibility index (Phi) is 3.34. The zero-order valence-corrected chi connectivity index (χ0v) is 11.2. The van der Waals surface area contributed by atoms with Crippen LogP contribution in [0, 0.1) is 13.8 Å². The highest BCUT2D eigenvalue weighted by Gasteiger charge is 2.15. The molecule has 0 saturated heterocycles. The van der Waals surface area contributed by atoms with Gasteiger partial charge in [0, 0.05) is 10.4 Å². The molecule has 1 heterocycles. The Hall–Kier alpha value is -1.88. The third-order valence-electron chi connectivity index (χ3n) is 2.65. The van der Waals surface area contributed by atoms with Crippen molar-refractivity contribution in [2.45, 2.75) is 13.8 Å². The largest absolute Gasteiger partial charge is 0.496 e. The van der Waals surface area contributed by atoms with E-state index in [0.717, 1.165) is 27.4 Å². The second-order valence-corrected chi connectivity index (χ2v) is 5.12. The predicted octanol–water partition coefficient (Wildman–Crippen LogP) is 3.13. The van der Waals surface area contributed by atoms with Crippen molar-refractivity contribution in [3.63, 3.8) is 0 Å². The first-order valence-corrected chi connectivity index (χ1v) is 6.20. The Balaban J connectivity index is 2.48. The molecule has 0 radical (unpaired) electrons. The number of carbonyl (C=O) groups is 1. The standard InChI is InChI=1S/C13H13NO3S/c1-7-6-9(4-5-10(7)17-3)11-8(2)18-12(14-11)13(15)16/h4-6H,1-3H3,(H,15,16). The number of thiazole rings is 1. The van der Waals surface area contributed by atoms with E-state index < -0.39 is 5.97 Å². The monoisotopic (exact) mass is 263 g/mol. The number of ether oxygens (including phenoxy) is 1. The Morgan fingerprint density at radius 2 is 2.11 bits per heavy atom. The molecule has 1 aromatic heterocycles. The summed E-state index contributed by atoms with van der Waals surface area (Å²) < 4.78 is 5.20. The van der Waals surface area contributed by atoms with Gasteiger partial charge in [-0.25, -0.2) is 9.78 Å². The van der Waals surface area contributed by atoms with Gasteiger partial charge in [-0.1, -0.05) is 0 Å². The van der Waals surface area contributed by atoms with Crippen molar-refractivity contribution >= 4 is 17.3 Å². The lowest BCUT2D eigenvalue weighted by Gasteiger charge is -2.06. The molecule has 4 nitrogen and oxygen atoms in total. The van der Waals surface area contributed by atoms with E-state index in [9.17, 15) is 4.79 Å². The maximum Gasteiger partial charge on any atom is 0.365 e. The van der Waals surface area contributed by atoms with Crippen LogP contribution in [0.4, 0.5) is 0 Å². The SMILES string of the molecule is COc1ccc(-c2nc(C(=O)O)sc2C)cc1C. The van der Waals surface area contributed by atoms with Gasteiger partial charge in [-0.3, -0.25) is 0 Å². The normalized spacial score (nSPS) is 10.4. The molecule has 0 fully saturated rings. The highest BCUT2D eigenvalue weighted by atomic mass is 32.1. The Bertz CT molecular complexity index is 604. The molecule has 0 aliphatic heterocycles. The molecule has 0 aliphatic rings. The molecule has 0 bridgehead atoms. The Morgan fingerprint density at radius 3 is 2.61 bits per heavy atom. The molecule has 18 heavy (non-hydrogen) atoms. The van der Waals surface area contributed by atoms with Gasteiger partial charge < -0.3 is 9.84 Å². The number of carboxylic acid groups (broad SMARTS) is 1. The first kappa shape index (κ1) is 12.6. The summed E-state index contributed by atoms with van der Waals surface area (Å²) in [4.78, 5) is 15.9. The van der Waals surface area contributed by atoms with E-state index in [0.29, 0.717) is 0 Å². The van der Waals surface area contributed by atoms with Crippen LogP contribution in [0.3, 0.4) is 0 Å². The van der Waals surface area contributed by atoms with E-state index in [1.54, 1.807) is 7.11 Å². The van der Waals surface area contributed by atoms with Crippen LogP contribution >= 0.6 is 11.3 Å². The summed E-state index contributed by atoms with van der Waals surface area (Å²) in [5, 5.41) is 9.06. The van der Waals surface area contributed by atoms with Gasteiger partial charge in [0.05, 0.1) is 12.8 Å². The van der Waals surface area contributed by atoms with Crippen molar-refractivity contribution < 1.29 is 14.6 Å². The number of rotatable bonds is 3. The lowest BCUT2D eigenvalue weighted by Crippen LogP contribution is -1.94. The molecule has 0 amide bonds. The molecule has 0 atom stereocenters. The molecule has 0 spiro atoms. The first-order valence-electron chi connectivity index (χ1n) is 5.38. The zero-order chi connectivity index (χ0) is 13.3. The van der Waals surface area contributed by atoms with Gasteiger partial charge in [0.15, 0.2) is 0 Å². The minimum atomic E-state index is -0.986. The molecule has 2 rings (SSSR count). The smallest absolute Gasteiger partial charge is 0.365 e. The van der Waals surface area contributed by atoms with Crippen molar-refractivity contribution in [3.05, 3.63) is 33.6 Å². The maximum absolute atomic E-state index is 10.9. The van der Waals surface area contributed by atoms with E-state index in [1.807, 2.05) is 32.0 Å². The van der Waals surface area contributed by atoms with Crippen LogP contribution in [0.25, 0.3) is 11.3 Å². The molecule has 0 unspecified atom stereocenters. The second-order valence-electron chi connectivity index (χ2n) is 3.91. The zero-order valence-electron chi connectivity index (χ0n) is 10.4. The summed E-state index contributed by atoms with van der Waals surface area (Å²) in [6.07, 6.45) is 0. The van der Waals surface area contributed by atoms with Gasteiger partial charge in [-0.15, -0.1) is 11.3 Å². The van der Waals surface area contributed by atoms with Gasteiger partial charge in [0.25, 0.3) is 0 Å². The predicted molar refractivity (Wildman–Crippen MR) is 70.5 cm³/mol. The number of benzene rings is 1. The van der Waals surface area contributed by atoms with Crippen molar-refractivity contribution in [2.24, 2.45) is 0 Å². The summed E-state index contributed by atoms with van der Waals surface area (Å²) in [7, 11) is 1.62. The molecule has 0 saturated carbocycles. The highest BCUT2D eigenvalue weighted by Crippen LogP contribution is 2.30. The molecule has 5 heteroatoms. The number of nitrogens with zero attached hydrogens (tertiary/aromatic N) is 1. The maximum atomic E-state index is 10.9. The first-order chi connectivity index (χ1) is 8.52. The van der Waals surface area contributed by atoms with Crippen LogP contribution < -0.4 is 4.74 Å². The molecule has 94 valence electrons. The molecular formula is C13H13NO3S. The molecule has 0 aliphatic carbocycles. The minimum Gasteiger partial charge on any atom is -0.496 e. The summed E-state index contributed by atoms with van der Waals surface area (Å²) >= 11 is 1.19. The summed E-state index contributed by atoms with van der Waals surface area (Å²) in [6, 6.07) is 5.70. The van der Waals surface area contributed by atoms with Crippen LogP contribution in [-0.2, 0) is 0 Å². The van der Waals surface area contributed by atoms with Crippen molar-refractivity contribution in [1.82, 2.24) is 4.98 Å². The van der Waals surface area contributed by atoms with Crippen LogP contribution in [0.1, 0.15) is 20.2 Å². The van der Waals surface area contributed by atoms with E-state index in [2.05, 4.69) is 4.98 Å². The number of hydrogen-bond donors (Lipinski definition) is 1. The molecule has 1 aromatic carbocycles. The third-order valence-corrected chi connectivity index (χ3v) is 3.61. The molecule has 1 N–H and O–H groups in total. The number of methoxy groups -OCH3 is 1. The van der Waals surface area contributed by atoms with Gasteiger partial charge in [0.1, 0.15) is 5.75 Å². The summed E-state index contributed by atoms with van der Waals surface area (Å²) in [5.41, 5.74) is 2.64. The third kappa shape index (κ3) is 2.22. The Morgan fingerprint density at radius 1 is 1.39 bits per heavy atom. The van der Waals surface area contributed by atoms with E-state index in [1.165, 1.54) is 11.3 Å². The number of aryl methyl sites for hydroxylation is 2. The molecule has 2 aromatic rings. The van der Waals surface area contributed by atoms with Crippen LogP contribution in [0.2, 0.25) is 0 Å². The van der Waals surface area contributed by atoms with Gasteiger partial charge >= 0.3 is 5.97 Å². The second kappa shape index (κ2) is 4.78. The quantitative estimate of drug-likeness (QED) is 0.924. The lowest BCUT2D eigenvalue weighted by molar-refractivity contribution is 0.0696. The number of aromatic nitrogens is 1. The van der Waals surface area contributed by atoms with Crippen LogP contribution in [0.5, 0.6) is 5.75 Å². The van der Waals surface area contributed by atoms with Crippen molar-refractivity contribution in [1.29, 1.82) is 0 Å². The van der Waals surface area contributed by atoms with E-state index in [-0.39, 0.29) is 5.01 Å². The fraction of sp³-hybridized carbons (Fsp3) is 0.231. The van der Waals surface area contributed by atoms with E-state index >= 15 is 0 Å². The van der Waals surface area contributed by atoms with Gasteiger partial charge in [-0.05, 0) is 37.6 Å². The summed E-state index contributed by atoms with van der Waals surface area (Å²) in [6.45, 7) is 3.82. The van der Waals surface area contributed by atoms with Crippen molar-refractivity contribution in [2.75, 3.05) is 7.11 Å². The van der Waals surface area contributed by atoms with Crippen molar-refractivity contribution in [3.8, 4) is 17.0 Å². The topological polar surface area (TPSA) is 59.4 Å². The van der Waals surface area contributed by atoms with Gasteiger partial charge in [-0.2, -0.15) is 0 Å².